The van der Waals surface area contributed by atoms with Crippen molar-refractivity contribution in [3.8, 4) is 0 Å². The molecule has 0 aromatic rings. The fourth-order valence-corrected chi connectivity index (χ4v) is 4.19. The van der Waals surface area contributed by atoms with Crippen LogP contribution in [-0.2, 0) is 23.7 Å². The Morgan fingerprint density at radius 1 is 1.19 bits per heavy atom. The van der Waals surface area contributed by atoms with Gasteiger partial charge in [-0.2, -0.15) is 0 Å². The van der Waals surface area contributed by atoms with Crippen molar-refractivity contribution >= 4 is 5.97 Å². The number of hydrogen-bond donors (Lipinski definition) is 5. The molecule has 0 radical (unpaired) electrons. The zero-order valence-electron chi connectivity index (χ0n) is 15.0. The van der Waals surface area contributed by atoms with Crippen molar-refractivity contribution in [2.24, 2.45) is 17.8 Å². The van der Waals surface area contributed by atoms with E-state index in [1.165, 1.54) is 13.4 Å². The van der Waals surface area contributed by atoms with Gasteiger partial charge in [0.2, 0.25) is 6.29 Å². The van der Waals surface area contributed by atoms with E-state index >= 15 is 0 Å². The Labute approximate surface area is 155 Å². The summed E-state index contributed by atoms with van der Waals surface area (Å²) in [6.07, 6.45) is -7.31. The molecule has 0 aromatic carbocycles. The number of esters is 1. The average Bonchev–Trinajstić information content (AvgIpc) is 2.96. The molecule has 10 nitrogen and oxygen atoms in total. The number of carbonyl (C=O) groups excluding carboxylic acids is 1. The second kappa shape index (κ2) is 8.00. The molecule has 2 fully saturated rings. The third kappa shape index (κ3) is 3.58. The van der Waals surface area contributed by atoms with E-state index in [1.54, 1.807) is 0 Å². The number of aliphatic hydroxyl groups is 5. The highest BCUT2D eigenvalue weighted by atomic mass is 16.8. The van der Waals surface area contributed by atoms with Gasteiger partial charge in [0.15, 0.2) is 6.29 Å². The van der Waals surface area contributed by atoms with E-state index in [0.29, 0.717) is 6.42 Å². The van der Waals surface area contributed by atoms with Crippen molar-refractivity contribution in [1.82, 2.24) is 0 Å². The number of aliphatic hydroxyl groups excluding tert-OH is 5. The van der Waals surface area contributed by atoms with E-state index in [-0.39, 0.29) is 11.5 Å². The summed E-state index contributed by atoms with van der Waals surface area (Å²) >= 11 is 0. The van der Waals surface area contributed by atoms with Gasteiger partial charge in [0, 0.05) is 11.8 Å². The van der Waals surface area contributed by atoms with Gasteiger partial charge >= 0.3 is 5.97 Å². The van der Waals surface area contributed by atoms with Crippen LogP contribution in [-0.4, -0.2) is 88.3 Å². The minimum atomic E-state index is -1.58. The summed E-state index contributed by atoms with van der Waals surface area (Å²) in [5, 5.41) is 49.6. The third-order valence-electron chi connectivity index (χ3n) is 5.64. The largest absolute Gasteiger partial charge is 0.472 e. The van der Waals surface area contributed by atoms with Crippen molar-refractivity contribution in [2.75, 3.05) is 13.7 Å². The smallest absolute Gasteiger partial charge is 0.337 e. The number of fused-ring (bicyclic) bond motifs is 1. The Bertz CT molecular complexity index is 578. The molecule has 3 aliphatic rings. The fraction of sp³-hybridized carbons (Fsp3) is 0.824. The van der Waals surface area contributed by atoms with Gasteiger partial charge in [0.25, 0.3) is 0 Å². The van der Waals surface area contributed by atoms with E-state index in [9.17, 15) is 30.3 Å². The molecule has 0 amide bonds. The summed E-state index contributed by atoms with van der Waals surface area (Å²) in [5.74, 6) is -1.68. The summed E-state index contributed by atoms with van der Waals surface area (Å²) in [6, 6.07) is 0. The lowest BCUT2D eigenvalue weighted by Gasteiger charge is -2.43. The molecule has 0 aromatic heterocycles. The Hall–Kier alpha value is -1.27. The highest BCUT2D eigenvalue weighted by molar-refractivity contribution is 5.89. The second-order valence-electron chi connectivity index (χ2n) is 7.29. The quantitative estimate of drug-likeness (QED) is 0.336. The molecule has 1 saturated heterocycles. The van der Waals surface area contributed by atoms with Crippen molar-refractivity contribution in [3.05, 3.63) is 11.8 Å². The molecular weight excluding hydrogens is 364 g/mol. The Morgan fingerprint density at radius 3 is 2.52 bits per heavy atom. The lowest BCUT2D eigenvalue weighted by Crippen LogP contribution is -2.60. The first-order chi connectivity index (χ1) is 12.8. The van der Waals surface area contributed by atoms with Crippen LogP contribution >= 0.6 is 0 Å². The van der Waals surface area contributed by atoms with Crippen molar-refractivity contribution in [2.45, 2.75) is 56.4 Å². The standard InChI is InChI=1S/C17H26O10/c1-6-3-8(19)11-7(15(23)24-2)5-25-16(10(6)11)27-17-14(22)13(21)12(20)9(4-18)26-17/h5-6,8-14,16-22H,3-4H2,1-2H3/t6-,8+,9-,10+,11-,12-,13+,14-,16-,17+/m0/s1. The maximum absolute atomic E-state index is 12.0. The lowest BCUT2D eigenvalue weighted by atomic mass is 9.82. The fourth-order valence-electron chi connectivity index (χ4n) is 4.19. The molecular formula is C17H26O10. The summed E-state index contributed by atoms with van der Waals surface area (Å²) < 4.78 is 21.3. The molecule has 10 heteroatoms. The molecule has 1 aliphatic carbocycles. The van der Waals surface area contributed by atoms with Crippen LogP contribution in [0.15, 0.2) is 11.8 Å². The van der Waals surface area contributed by atoms with Crippen molar-refractivity contribution in [1.29, 1.82) is 0 Å². The van der Waals surface area contributed by atoms with Gasteiger partial charge in [0.05, 0.1) is 31.7 Å². The zero-order chi connectivity index (χ0) is 19.9. The van der Waals surface area contributed by atoms with Gasteiger partial charge in [-0.15, -0.1) is 0 Å². The van der Waals surface area contributed by atoms with Crippen LogP contribution in [0.2, 0.25) is 0 Å². The van der Waals surface area contributed by atoms with Crippen molar-refractivity contribution in [3.63, 3.8) is 0 Å². The number of ether oxygens (including phenoxy) is 4. The van der Waals surface area contributed by atoms with Gasteiger partial charge in [-0.25, -0.2) is 4.79 Å². The van der Waals surface area contributed by atoms with E-state index in [0.717, 1.165) is 0 Å². The summed E-state index contributed by atoms with van der Waals surface area (Å²) in [4.78, 5) is 12.0. The molecule has 10 atom stereocenters. The van der Waals surface area contributed by atoms with Crippen LogP contribution in [0.5, 0.6) is 0 Å². The average molecular weight is 390 g/mol. The lowest BCUT2D eigenvalue weighted by molar-refractivity contribution is -0.342. The molecule has 2 aliphatic heterocycles. The van der Waals surface area contributed by atoms with Crippen LogP contribution in [0.25, 0.3) is 0 Å². The number of hydrogen-bond acceptors (Lipinski definition) is 10. The maximum atomic E-state index is 12.0. The highest BCUT2D eigenvalue weighted by Crippen LogP contribution is 2.47. The first-order valence-electron chi connectivity index (χ1n) is 8.88. The van der Waals surface area contributed by atoms with Gasteiger partial charge < -0.3 is 44.5 Å². The van der Waals surface area contributed by atoms with Crippen LogP contribution in [0.1, 0.15) is 13.3 Å². The van der Waals surface area contributed by atoms with E-state index < -0.39 is 67.5 Å². The molecule has 0 spiro atoms. The summed E-state index contributed by atoms with van der Waals surface area (Å²) in [6.45, 7) is 1.30. The maximum Gasteiger partial charge on any atom is 0.337 e. The molecule has 2 heterocycles. The van der Waals surface area contributed by atoms with E-state index in [2.05, 4.69) is 0 Å². The first-order valence-corrected chi connectivity index (χ1v) is 8.88. The van der Waals surface area contributed by atoms with Gasteiger partial charge in [-0.1, -0.05) is 6.92 Å². The van der Waals surface area contributed by atoms with Crippen LogP contribution < -0.4 is 0 Å². The van der Waals surface area contributed by atoms with Gasteiger partial charge in [0.1, 0.15) is 24.4 Å². The summed E-state index contributed by atoms with van der Waals surface area (Å²) in [7, 11) is 1.24. The molecule has 5 N–H and O–H groups in total. The van der Waals surface area contributed by atoms with E-state index in [1.807, 2.05) is 6.92 Å². The summed E-state index contributed by atoms with van der Waals surface area (Å²) in [5.41, 5.74) is 0.202. The monoisotopic (exact) mass is 390 g/mol. The Morgan fingerprint density at radius 2 is 1.89 bits per heavy atom. The normalized spacial score (nSPS) is 47.0. The second-order valence-corrected chi connectivity index (χ2v) is 7.29. The van der Waals surface area contributed by atoms with Crippen LogP contribution in [0.4, 0.5) is 0 Å². The number of methoxy groups -OCH3 is 1. The molecule has 27 heavy (non-hydrogen) atoms. The molecule has 3 rings (SSSR count). The molecule has 154 valence electrons. The van der Waals surface area contributed by atoms with Gasteiger partial charge in [-0.05, 0) is 12.3 Å². The first kappa shape index (κ1) is 20.5. The predicted octanol–water partition coefficient (Wildman–Crippen LogP) is -2.15. The zero-order valence-corrected chi connectivity index (χ0v) is 15.0. The topological polar surface area (TPSA) is 155 Å². The highest BCUT2D eigenvalue weighted by Gasteiger charge is 2.53. The van der Waals surface area contributed by atoms with Crippen molar-refractivity contribution < 1.29 is 49.3 Å². The van der Waals surface area contributed by atoms with Crippen LogP contribution in [0, 0.1) is 17.8 Å². The Kier molecular flexibility index (Phi) is 6.06. The van der Waals surface area contributed by atoms with E-state index in [4.69, 9.17) is 18.9 Å². The van der Waals surface area contributed by atoms with Crippen LogP contribution in [0.3, 0.4) is 0 Å². The SMILES string of the molecule is COC(=O)C1=CO[C@@H](O[C@H]2O[C@@H](CO)[C@H](O)[C@@H](O)[C@@H]2O)[C@H]2[C@@H]1[C@H](O)C[C@@H]2C. The Balaban J connectivity index is 1.80. The number of rotatable bonds is 4. The molecule has 0 bridgehead atoms. The predicted molar refractivity (Wildman–Crippen MR) is 86.6 cm³/mol. The van der Waals surface area contributed by atoms with Gasteiger partial charge in [-0.3, -0.25) is 0 Å². The minimum absolute atomic E-state index is 0.0757. The molecule has 0 unspecified atom stereocenters. The minimum Gasteiger partial charge on any atom is -0.472 e. The number of carbonyl (C=O) groups is 1. The third-order valence-corrected chi connectivity index (χ3v) is 5.64. The molecule has 1 saturated carbocycles.